The van der Waals surface area contributed by atoms with Gasteiger partial charge in [-0.15, -0.1) is 0 Å². The van der Waals surface area contributed by atoms with Crippen LogP contribution in [0, 0.1) is 5.92 Å². The van der Waals surface area contributed by atoms with Gasteiger partial charge < -0.3 is 9.64 Å². The van der Waals surface area contributed by atoms with Gasteiger partial charge in [0, 0.05) is 24.6 Å². The van der Waals surface area contributed by atoms with Crippen LogP contribution in [0.1, 0.15) is 33.7 Å². The molecule has 0 bridgehead atoms. The maximum absolute atomic E-state index is 12.9. The standard InChI is InChI=1S/C21H19N3O3S/c25-20(15-8-10-18(11-9-15)27-17-6-2-1-3-7-17)16-5-4-12-24(14-16)21(26)19-13-22-28-23-19/h1-3,6-11,13,16H,4-5,12,14H2/t16-/m0/s1. The van der Waals surface area contributed by atoms with Crippen LogP contribution in [0.25, 0.3) is 0 Å². The van der Waals surface area contributed by atoms with Crippen LogP contribution in [0.15, 0.2) is 60.8 Å². The van der Waals surface area contributed by atoms with Crippen LogP contribution in [-0.4, -0.2) is 38.4 Å². The van der Waals surface area contributed by atoms with Crippen molar-refractivity contribution in [2.75, 3.05) is 13.1 Å². The second kappa shape index (κ2) is 8.31. The number of carbonyl (C=O) groups is 2. The van der Waals surface area contributed by atoms with E-state index in [9.17, 15) is 9.59 Å². The molecule has 1 aliphatic heterocycles. The Morgan fingerprint density at radius 2 is 1.79 bits per heavy atom. The summed E-state index contributed by atoms with van der Waals surface area (Å²) in [7, 11) is 0. The third-order valence-electron chi connectivity index (χ3n) is 4.78. The van der Waals surface area contributed by atoms with Crippen LogP contribution < -0.4 is 4.74 Å². The maximum atomic E-state index is 12.9. The molecule has 1 atom stereocenters. The van der Waals surface area contributed by atoms with Gasteiger partial charge in [0.25, 0.3) is 5.91 Å². The second-order valence-electron chi connectivity index (χ2n) is 6.69. The summed E-state index contributed by atoms with van der Waals surface area (Å²) in [6.45, 7) is 1.06. The van der Waals surface area contributed by atoms with Crippen molar-refractivity contribution in [3.63, 3.8) is 0 Å². The van der Waals surface area contributed by atoms with Crippen molar-refractivity contribution >= 4 is 23.4 Å². The number of carbonyl (C=O) groups excluding carboxylic acids is 2. The van der Waals surface area contributed by atoms with Gasteiger partial charge in [-0.25, -0.2) is 0 Å². The van der Waals surface area contributed by atoms with E-state index in [0.717, 1.165) is 30.3 Å². The van der Waals surface area contributed by atoms with Crippen LogP contribution in [-0.2, 0) is 0 Å². The molecule has 1 fully saturated rings. The number of aromatic nitrogens is 2. The highest BCUT2D eigenvalue weighted by Crippen LogP contribution is 2.25. The summed E-state index contributed by atoms with van der Waals surface area (Å²) in [5, 5.41) is 0. The first-order valence-electron chi connectivity index (χ1n) is 9.15. The monoisotopic (exact) mass is 393 g/mol. The van der Waals surface area contributed by atoms with Crippen molar-refractivity contribution in [2.24, 2.45) is 5.92 Å². The fourth-order valence-electron chi connectivity index (χ4n) is 3.34. The van der Waals surface area contributed by atoms with E-state index >= 15 is 0 Å². The molecular weight excluding hydrogens is 374 g/mol. The molecular formula is C21H19N3O3S. The third-order valence-corrected chi connectivity index (χ3v) is 5.26. The molecule has 1 aromatic heterocycles. The van der Waals surface area contributed by atoms with E-state index in [1.165, 1.54) is 6.20 Å². The van der Waals surface area contributed by atoms with Gasteiger partial charge in [0.05, 0.1) is 17.9 Å². The lowest BCUT2D eigenvalue weighted by Crippen LogP contribution is -2.42. The summed E-state index contributed by atoms with van der Waals surface area (Å²) >= 11 is 1.01. The molecule has 2 aromatic carbocycles. The first-order valence-corrected chi connectivity index (χ1v) is 9.88. The van der Waals surface area contributed by atoms with Crippen LogP contribution in [0.5, 0.6) is 11.5 Å². The lowest BCUT2D eigenvalue weighted by Gasteiger charge is -2.31. The fourth-order valence-corrected chi connectivity index (χ4v) is 3.75. The van der Waals surface area contributed by atoms with E-state index in [-0.39, 0.29) is 17.6 Å². The van der Waals surface area contributed by atoms with Crippen molar-refractivity contribution in [2.45, 2.75) is 12.8 Å². The normalized spacial score (nSPS) is 16.6. The Bertz CT molecular complexity index is 943. The molecule has 142 valence electrons. The molecule has 0 aliphatic carbocycles. The van der Waals surface area contributed by atoms with Gasteiger partial charge >= 0.3 is 0 Å². The number of rotatable bonds is 5. The van der Waals surface area contributed by atoms with Crippen LogP contribution in [0.4, 0.5) is 0 Å². The molecule has 0 spiro atoms. The van der Waals surface area contributed by atoms with E-state index in [4.69, 9.17) is 4.74 Å². The number of likely N-dealkylation sites (tertiary alicyclic amines) is 1. The second-order valence-corrected chi connectivity index (χ2v) is 7.24. The zero-order valence-corrected chi connectivity index (χ0v) is 16.0. The summed E-state index contributed by atoms with van der Waals surface area (Å²) in [6, 6.07) is 16.7. The highest BCUT2D eigenvalue weighted by molar-refractivity contribution is 6.99. The Hall–Kier alpha value is -3.06. The molecule has 7 heteroatoms. The SMILES string of the molecule is O=C(c1ccc(Oc2ccccc2)cc1)[C@H]1CCCN(C(=O)c2cnsn2)C1. The summed E-state index contributed by atoms with van der Waals surface area (Å²) in [6.07, 6.45) is 3.05. The minimum atomic E-state index is -0.204. The van der Waals surface area contributed by atoms with Crippen molar-refractivity contribution in [3.8, 4) is 11.5 Å². The largest absolute Gasteiger partial charge is 0.457 e. The predicted octanol–water partition coefficient (Wildman–Crippen LogP) is 4.07. The Morgan fingerprint density at radius 1 is 1.04 bits per heavy atom. The molecule has 3 aromatic rings. The summed E-state index contributed by atoms with van der Waals surface area (Å²) in [5.74, 6) is 1.13. The number of hydrogen-bond acceptors (Lipinski definition) is 6. The minimum Gasteiger partial charge on any atom is -0.457 e. The van der Waals surface area contributed by atoms with Crippen LogP contribution >= 0.6 is 11.7 Å². The number of piperidine rings is 1. The number of nitrogens with zero attached hydrogens (tertiary/aromatic N) is 3. The van der Waals surface area contributed by atoms with Gasteiger partial charge in [-0.05, 0) is 49.2 Å². The average Bonchev–Trinajstić information content (AvgIpc) is 3.29. The Labute approximate surface area is 167 Å². The summed E-state index contributed by atoms with van der Waals surface area (Å²) < 4.78 is 13.7. The number of amides is 1. The molecule has 2 heterocycles. The Balaban J connectivity index is 1.41. The van der Waals surface area contributed by atoms with Crippen LogP contribution in [0.3, 0.4) is 0 Å². The smallest absolute Gasteiger partial charge is 0.275 e. The molecule has 0 unspecified atom stereocenters. The zero-order chi connectivity index (χ0) is 19.3. The van der Waals surface area contributed by atoms with Gasteiger partial charge in [0.2, 0.25) is 0 Å². The van der Waals surface area contributed by atoms with Gasteiger partial charge in [-0.1, -0.05) is 18.2 Å². The van der Waals surface area contributed by atoms with Crippen molar-refractivity contribution < 1.29 is 14.3 Å². The third kappa shape index (κ3) is 4.09. The van der Waals surface area contributed by atoms with Gasteiger partial charge in [-0.3, -0.25) is 9.59 Å². The Morgan fingerprint density at radius 3 is 2.50 bits per heavy atom. The predicted molar refractivity (Wildman–Crippen MR) is 106 cm³/mol. The molecule has 0 radical (unpaired) electrons. The molecule has 28 heavy (non-hydrogen) atoms. The highest BCUT2D eigenvalue weighted by Gasteiger charge is 2.30. The van der Waals surface area contributed by atoms with Gasteiger partial charge in [0.1, 0.15) is 11.5 Å². The maximum Gasteiger partial charge on any atom is 0.275 e. The van der Waals surface area contributed by atoms with Crippen molar-refractivity contribution in [3.05, 3.63) is 72.1 Å². The minimum absolute atomic E-state index is 0.0557. The highest BCUT2D eigenvalue weighted by atomic mass is 32.1. The van der Waals surface area contributed by atoms with E-state index in [1.54, 1.807) is 29.2 Å². The number of ether oxygens (including phenoxy) is 1. The zero-order valence-electron chi connectivity index (χ0n) is 15.2. The first-order chi connectivity index (χ1) is 13.7. The number of hydrogen-bond donors (Lipinski definition) is 0. The summed E-state index contributed by atoms with van der Waals surface area (Å²) in [4.78, 5) is 27.1. The fraction of sp³-hybridized carbons (Fsp3) is 0.238. The van der Waals surface area contributed by atoms with Crippen molar-refractivity contribution in [1.29, 1.82) is 0 Å². The van der Waals surface area contributed by atoms with E-state index in [1.807, 2.05) is 30.3 Å². The lowest BCUT2D eigenvalue weighted by atomic mass is 9.90. The number of Topliss-reactive ketones (excluding diaryl/α,β-unsaturated/α-hetero) is 1. The summed E-state index contributed by atoms with van der Waals surface area (Å²) in [5.41, 5.74) is 0.982. The van der Waals surface area contributed by atoms with Crippen molar-refractivity contribution in [1.82, 2.24) is 13.6 Å². The number of ketones is 1. The van der Waals surface area contributed by atoms with Gasteiger partial charge in [0.15, 0.2) is 11.5 Å². The topological polar surface area (TPSA) is 72.4 Å². The first kappa shape index (κ1) is 18.3. The van der Waals surface area contributed by atoms with E-state index in [2.05, 4.69) is 8.75 Å². The van der Waals surface area contributed by atoms with Crippen LogP contribution in [0.2, 0.25) is 0 Å². The number of para-hydroxylation sites is 1. The molecule has 1 aliphatic rings. The molecule has 4 rings (SSSR count). The molecule has 6 nitrogen and oxygen atoms in total. The van der Waals surface area contributed by atoms with Gasteiger partial charge in [-0.2, -0.15) is 8.75 Å². The number of benzene rings is 2. The Kier molecular flexibility index (Phi) is 5.43. The quantitative estimate of drug-likeness (QED) is 0.611. The molecule has 0 N–H and O–H groups in total. The van der Waals surface area contributed by atoms with E-state index in [0.29, 0.717) is 30.1 Å². The van der Waals surface area contributed by atoms with E-state index < -0.39 is 0 Å². The molecule has 1 saturated heterocycles. The lowest BCUT2D eigenvalue weighted by molar-refractivity contribution is 0.0633. The molecule has 1 amide bonds. The average molecular weight is 393 g/mol. The molecule has 0 saturated carbocycles.